The Morgan fingerprint density at radius 1 is 1.42 bits per heavy atom. The van der Waals surface area contributed by atoms with Gasteiger partial charge >= 0.3 is 5.97 Å². The molecule has 0 saturated carbocycles. The molecule has 0 aliphatic carbocycles. The van der Waals surface area contributed by atoms with Gasteiger partial charge in [0, 0.05) is 31.6 Å². The number of thiophene rings is 1. The van der Waals surface area contributed by atoms with E-state index in [4.69, 9.17) is 0 Å². The average molecular weight is 327 g/mol. The molecule has 1 fully saturated rings. The van der Waals surface area contributed by atoms with Crippen LogP contribution in [0.5, 0.6) is 0 Å². The highest BCUT2D eigenvalue weighted by Gasteiger charge is 2.27. The summed E-state index contributed by atoms with van der Waals surface area (Å²) < 4.78 is 30.5. The van der Waals surface area contributed by atoms with E-state index >= 15 is 0 Å². The second kappa shape index (κ2) is 6.67. The van der Waals surface area contributed by atoms with E-state index in [9.17, 15) is 13.2 Å². The Labute approximate surface area is 122 Å². The summed E-state index contributed by atoms with van der Waals surface area (Å²) in [6.07, 6.45) is 0. The van der Waals surface area contributed by atoms with Crippen molar-refractivity contribution >= 4 is 39.7 Å². The van der Waals surface area contributed by atoms with Gasteiger partial charge in [0.05, 0.1) is 12.0 Å². The van der Waals surface area contributed by atoms with Gasteiger partial charge in [-0.3, -0.25) is 0 Å². The molecule has 0 atom stereocenters. The molecule has 1 aromatic heterocycles. The molecular formula is C10H15ClN2O4S2. The number of ether oxygens (including phenoxy) is 1. The van der Waals surface area contributed by atoms with Crippen LogP contribution in [0.1, 0.15) is 9.67 Å². The van der Waals surface area contributed by atoms with Crippen LogP contribution in [0.15, 0.2) is 16.3 Å². The zero-order chi connectivity index (χ0) is 13.2. The first-order valence-corrected chi connectivity index (χ1v) is 7.75. The van der Waals surface area contributed by atoms with Gasteiger partial charge in [-0.25, -0.2) is 13.2 Å². The number of carbonyl (C=O) groups is 1. The summed E-state index contributed by atoms with van der Waals surface area (Å²) in [5.74, 6) is -0.512. The predicted octanol–water partition coefficient (Wildman–Crippen LogP) is 0.550. The maximum atomic E-state index is 12.3. The van der Waals surface area contributed by atoms with Gasteiger partial charge in [-0.1, -0.05) is 0 Å². The molecule has 0 amide bonds. The standard InChI is InChI=1S/C10H14N2O4S2.ClH/c1-16-10(13)9-6-8(7-17-9)18(14,15)12-4-2-11-3-5-12;/h6-7,11H,2-5H2,1H3;1H. The largest absolute Gasteiger partial charge is 0.465 e. The third-order valence-corrected chi connectivity index (χ3v) is 5.61. The molecule has 108 valence electrons. The maximum absolute atomic E-state index is 12.3. The average Bonchev–Trinajstić information content (AvgIpc) is 2.89. The van der Waals surface area contributed by atoms with Crippen LogP contribution in [0, 0.1) is 0 Å². The van der Waals surface area contributed by atoms with Gasteiger partial charge in [-0.05, 0) is 6.07 Å². The topological polar surface area (TPSA) is 75.7 Å². The molecule has 9 heteroatoms. The number of sulfonamides is 1. The Kier molecular flexibility index (Phi) is 5.75. The van der Waals surface area contributed by atoms with Crippen LogP contribution in [0.3, 0.4) is 0 Å². The molecular weight excluding hydrogens is 312 g/mol. The van der Waals surface area contributed by atoms with Crippen molar-refractivity contribution in [3.63, 3.8) is 0 Å². The zero-order valence-corrected chi connectivity index (χ0v) is 12.7. The van der Waals surface area contributed by atoms with Crippen LogP contribution in [-0.2, 0) is 14.8 Å². The number of piperazine rings is 1. The molecule has 0 spiro atoms. The van der Waals surface area contributed by atoms with E-state index < -0.39 is 16.0 Å². The van der Waals surface area contributed by atoms with Crippen molar-refractivity contribution < 1.29 is 17.9 Å². The van der Waals surface area contributed by atoms with Gasteiger partial charge in [0.2, 0.25) is 10.0 Å². The minimum atomic E-state index is -3.49. The number of nitrogens with zero attached hydrogens (tertiary/aromatic N) is 1. The number of hydrogen-bond donors (Lipinski definition) is 1. The van der Waals surface area contributed by atoms with Crippen LogP contribution in [0.25, 0.3) is 0 Å². The highest BCUT2D eigenvalue weighted by atomic mass is 35.5. The van der Waals surface area contributed by atoms with Crippen molar-refractivity contribution in [2.45, 2.75) is 4.90 Å². The summed E-state index contributed by atoms with van der Waals surface area (Å²) in [5.41, 5.74) is 0. The zero-order valence-electron chi connectivity index (χ0n) is 10.3. The minimum Gasteiger partial charge on any atom is -0.465 e. The van der Waals surface area contributed by atoms with Crippen molar-refractivity contribution in [3.05, 3.63) is 16.3 Å². The van der Waals surface area contributed by atoms with E-state index in [0.717, 1.165) is 11.3 Å². The van der Waals surface area contributed by atoms with E-state index in [1.807, 2.05) is 0 Å². The highest BCUT2D eigenvalue weighted by molar-refractivity contribution is 7.89. The van der Waals surface area contributed by atoms with Crippen LogP contribution >= 0.6 is 23.7 Å². The molecule has 0 unspecified atom stereocenters. The number of rotatable bonds is 3. The second-order valence-electron chi connectivity index (χ2n) is 3.79. The molecule has 0 radical (unpaired) electrons. The van der Waals surface area contributed by atoms with Gasteiger partial charge in [-0.15, -0.1) is 23.7 Å². The fraction of sp³-hybridized carbons (Fsp3) is 0.500. The van der Waals surface area contributed by atoms with Crippen LogP contribution in [-0.4, -0.2) is 52.0 Å². The Hall–Kier alpha value is -0.670. The van der Waals surface area contributed by atoms with Gasteiger partial charge < -0.3 is 10.1 Å². The predicted molar refractivity (Wildman–Crippen MR) is 74.5 cm³/mol. The van der Waals surface area contributed by atoms with Crippen molar-refractivity contribution in [1.29, 1.82) is 0 Å². The first-order valence-electron chi connectivity index (χ1n) is 5.43. The van der Waals surface area contributed by atoms with Crippen molar-refractivity contribution in [2.75, 3.05) is 33.3 Å². The Balaban J connectivity index is 0.00000180. The summed E-state index contributed by atoms with van der Waals surface area (Å²) >= 11 is 1.08. The van der Waals surface area contributed by atoms with Gasteiger partial charge in [0.1, 0.15) is 4.88 Å². The third kappa shape index (κ3) is 3.46. The molecule has 19 heavy (non-hydrogen) atoms. The number of halogens is 1. The third-order valence-electron chi connectivity index (χ3n) is 2.68. The smallest absolute Gasteiger partial charge is 0.348 e. The number of esters is 1. The summed E-state index contributed by atoms with van der Waals surface area (Å²) in [6, 6.07) is 1.37. The van der Waals surface area contributed by atoms with E-state index in [0.29, 0.717) is 31.1 Å². The Bertz CT molecular complexity index is 537. The van der Waals surface area contributed by atoms with Crippen LogP contribution < -0.4 is 5.32 Å². The SMILES string of the molecule is COC(=O)c1cc(S(=O)(=O)N2CCNCC2)cs1.Cl. The molecule has 6 nitrogen and oxygen atoms in total. The molecule has 1 saturated heterocycles. The first-order chi connectivity index (χ1) is 8.55. The first kappa shape index (κ1) is 16.4. The molecule has 0 aromatic carbocycles. The van der Waals surface area contributed by atoms with E-state index in [-0.39, 0.29) is 17.3 Å². The highest BCUT2D eigenvalue weighted by Crippen LogP contribution is 2.23. The van der Waals surface area contributed by atoms with Crippen LogP contribution in [0.4, 0.5) is 0 Å². The molecule has 0 bridgehead atoms. The lowest BCUT2D eigenvalue weighted by molar-refractivity contribution is 0.0606. The minimum absolute atomic E-state index is 0. The number of nitrogens with one attached hydrogen (secondary N) is 1. The molecule has 2 rings (SSSR count). The summed E-state index contributed by atoms with van der Waals surface area (Å²) in [4.78, 5) is 11.8. The van der Waals surface area contributed by atoms with E-state index in [2.05, 4.69) is 10.1 Å². The van der Waals surface area contributed by atoms with Gasteiger partial charge in [0.25, 0.3) is 0 Å². The van der Waals surface area contributed by atoms with Gasteiger partial charge in [0.15, 0.2) is 0 Å². The van der Waals surface area contributed by atoms with E-state index in [1.165, 1.54) is 22.9 Å². The number of hydrogen-bond acceptors (Lipinski definition) is 6. The lowest BCUT2D eigenvalue weighted by Crippen LogP contribution is -2.46. The Morgan fingerprint density at radius 2 is 2.05 bits per heavy atom. The van der Waals surface area contributed by atoms with E-state index in [1.54, 1.807) is 0 Å². The second-order valence-corrected chi connectivity index (χ2v) is 6.64. The van der Waals surface area contributed by atoms with Gasteiger partial charge in [-0.2, -0.15) is 4.31 Å². The lowest BCUT2D eigenvalue weighted by Gasteiger charge is -2.26. The van der Waals surface area contributed by atoms with Crippen molar-refractivity contribution in [2.24, 2.45) is 0 Å². The summed E-state index contributed by atoms with van der Waals surface area (Å²) in [6.45, 7) is 2.19. The summed E-state index contributed by atoms with van der Waals surface area (Å²) in [7, 11) is -2.22. The number of methoxy groups -OCH3 is 1. The lowest BCUT2D eigenvalue weighted by atomic mass is 10.4. The molecule has 1 aromatic rings. The quantitative estimate of drug-likeness (QED) is 0.821. The number of carbonyl (C=O) groups excluding carboxylic acids is 1. The molecule has 2 heterocycles. The van der Waals surface area contributed by atoms with Crippen LogP contribution in [0.2, 0.25) is 0 Å². The fourth-order valence-electron chi connectivity index (χ4n) is 1.70. The Morgan fingerprint density at radius 3 is 2.63 bits per heavy atom. The molecule has 1 aliphatic rings. The normalized spacial score (nSPS) is 16.7. The van der Waals surface area contributed by atoms with Crippen molar-refractivity contribution in [1.82, 2.24) is 9.62 Å². The monoisotopic (exact) mass is 326 g/mol. The fourth-order valence-corrected chi connectivity index (χ4v) is 4.31. The van der Waals surface area contributed by atoms with Crippen molar-refractivity contribution in [3.8, 4) is 0 Å². The maximum Gasteiger partial charge on any atom is 0.348 e. The molecule has 1 aliphatic heterocycles. The summed E-state index contributed by atoms with van der Waals surface area (Å²) in [5, 5.41) is 4.57. The molecule has 1 N–H and O–H groups in total.